The first-order valence-electron chi connectivity index (χ1n) is 8.85. The number of benzene rings is 1. The van der Waals surface area contributed by atoms with E-state index in [9.17, 15) is 4.79 Å². The zero-order chi connectivity index (χ0) is 18.5. The summed E-state index contributed by atoms with van der Waals surface area (Å²) in [6.45, 7) is 2.87. The second-order valence-corrected chi connectivity index (χ2v) is 8.30. The Morgan fingerprint density at radius 2 is 2.08 bits per heavy atom. The van der Waals surface area contributed by atoms with E-state index < -0.39 is 0 Å². The minimum absolute atomic E-state index is 0.0479. The maximum absolute atomic E-state index is 12.9. The number of methoxy groups -OCH3 is 2. The van der Waals surface area contributed by atoms with Crippen LogP contribution in [0.15, 0.2) is 29.6 Å². The molecule has 1 aromatic heterocycles. The van der Waals surface area contributed by atoms with E-state index in [0.717, 1.165) is 36.5 Å². The van der Waals surface area contributed by atoms with Gasteiger partial charge < -0.3 is 14.4 Å². The van der Waals surface area contributed by atoms with Gasteiger partial charge in [0.15, 0.2) is 11.5 Å². The van der Waals surface area contributed by atoms with Crippen LogP contribution in [0.2, 0.25) is 0 Å². The van der Waals surface area contributed by atoms with Gasteiger partial charge in [-0.15, -0.1) is 11.3 Å². The van der Waals surface area contributed by atoms with Gasteiger partial charge >= 0.3 is 0 Å². The summed E-state index contributed by atoms with van der Waals surface area (Å²) >= 11 is 3.41. The fourth-order valence-corrected chi connectivity index (χ4v) is 4.98. The number of carbonyl (C=O) groups is 1. The first-order chi connectivity index (χ1) is 12.7. The largest absolute Gasteiger partial charge is 0.493 e. The molecule has 140 valence electrons. The van der Waals surface area contributed by atoms with Crippen molar-refractivity contribution in [3.63, 3.8) is 0 Å². The minimum Gasteiger partial charge on any atom is -0.493 e. The van der Waals surface area contributed by atoms with Gasteiger partial charge in [0.2, 0.25) is 5.91 Å². The average Bonchev–Trinajstić information content (AvgIpc) is 3.20. The Morgan fingerprint density at radius 3 is 2.73 bits per heavy atom. The molecule has 0 fully saturated rings. The number of thioether (sulfide) groups is 1. The zero-order valence-corrected chi connectivity index (χ0v) is 17.1. The van der Waals surface area contributed by atoms with Crippen LogP contribution in [-0.2, 0) is 11.2 Å². The molecule has 1 atom stereocenters. The third-order valence-corrected chi connectivity index (χ3v) is 6.65. The molecular weight excluding hydrogens is 366 g/mol. The van der Waals surface area contributed by atoms with Gasteiger partial charge in [-0.2, -0.15) is 11.8 Å². The van der Waals surface area contributed by atoms with Gasteiger partial charge in [0.1, 0.15) is 0 Å². The molecule has 0 radical (unpaired) electrons. The lowest BCUT2D eigenvalue weighted by Crippen LogP contribution is -2.41. The fraction of sp³-hybridized carbons (Fsp3) is 0.450. The van der Waals surface area contributed by atoms with E-state index in [1.807, 2.05) is 17.0 Å². The SMILES string of the molecule is CCCSCC(=O)N1CCc2cc(OC)c(OC)cc2C1c1cccs1. The number of carbonyl (C=O) groups excluding carboxylic acids is 1. The smallest absolute Gasteiger partial charge is 0.233 e. The van der Waals surface area contributed by atoms with Gasteiger partial charge in [0, 0.05) is 11.4 Å². The van der Waals surface area contributed by atoms with Crippen molar-refractivity contribution in [1.82, 2.24) is 4.90 Å². The van der Waals surface area contributed by atoms with Crippen LogP contribution in [0.5, 0.6) is 11.5 Å². The predicted octanol–water partition coefficient (Wildman–Crippen LogP) is 4.38. The van der Waals surface area contributed by atoms with E-state index >= 15 is 0 Å². The van der Waals surface area contributed by atoms with Crippen molar-refractivity contribution in [2.75, 3.05) is 32.3 Å². The summed E-state index contributed by atoms with van der Waals surface area (Å²) in [5.41, 5.74) is 2.37. The van der Waals surface area contributed by atoms with E-state index in [-0.39, 0.29) is 11.9 Å². The molecule has 1 aliphatic heterocycles. The first kappa shape index (κ1) is 19.1. The van der Waals surface area contributed by atoms with Crippen LogP contribution in [0.4, 0.5) is 0 Å². The maximum atomic E-state index is 12.9. The van der Waals surface area contributed by atoms with Crippen molar-refractivity contribution < 1.29 is 14.3 Å². The average molecular weight is 392 g/mol. The van der Waals surface area contributed by atoms with Gasteiger partial charge in [-0.25, -0.2) is 0 Å². The molecule has 0 spiro atoms. The number of rotatable bonds is 7. The lowest BCUT2D eigenvalue weighted by molar-refractivity contribution is -0.130. The van der Waals surface area contributed by atoms with E-state index in [4.69, 9.17) is 9.47 Å². The summed E-state index contributed by atoms with van der Waals surface area (Å²) in [6.07, 6.45) is 1.92. The number of nitrogens with zero attached hydrogens (tertiary/aromatic N) is 1. The summed E-state index contributed by atoms with van der Waals surface area (Å²) < 4.78 is 11.0. The quantitative estimate of drug-likeness (QED) is 0.657. The molecule has 26 heavy (non-hydrogen) atoms. The van der Waals surface area contributed by atoms with Crippen LogP contribution in [0.3, 0.4) is 0 Å². The number of hydrogen-bond donors (Lipinski definition) is 0. The molecule has 3 rings (SSSR count). The van der Waals surface area contributed by atoms with E-state index in [0.29, 0.717) is 11.5 Å². The van der Waals surface area contributed by atoms with Gasteiger partial charge in [0.05, 0.1) is 26.0 Å². The van der Waals surface area contributed by atoms with Crippen molar-refractivity contribution in [3.05, 3.63) is 45.6 Å². The molecule has 2 heterocycles. The Labute approximate surface area is 163 Å². The van der Waals surface area contributed by atoms with E-state index in [1.54, 1.807) is 37.3 Å². The molecule has 1 aliphatic rings. The van der Waals surface area contributed by atoms with Crippen LogP contribution in [-0.4, -0.2) is 43.1 Å². The predicted molar refractivity (Wildman–Crippen MR) is 109 cm³/mol. The van der Waals surface area contributed by atoms with E-state index in [1.165, 1.54) is 10.4 Å². The zero-order valence-electron chi connectivity index (χ0n) is 15.5. The van der Waals surface area contributed by atoms with Crippen LogP contribution < -0.4 is 9.47 Å². The van der Waals surface area contributed by atoms with Crippen LogP contribution >= 0.6 is 23.1 Å². The molecule has 6 heteroatoms. The second kappa shape index (κ2) is 8.82. The van der Waals surface area contributed by atoms with Crippen molar-refractivity contribution in [2.24, 2.45) is 0 Å². The third-order valence-electron chi connectivity index (χ3n) is 4.58. The van der Waals surface area contributed by atoms with Gasteiger partial charge in [-0.05, 0) is 53.3 Å². The Morgan fingerprint density at radius 1 is 1.31 bits per heavy atom. The summed E-state index contributed by atoms with van der Waals surface area (Å²) in [6, 6.07) is 8.21. The lowest BCUT2D eigenvalue weighted by atomic mass is 9.91. The van der Waals surface area contributed by atoms with Crippen LogP contribution in [0, 0.1) is 0 Å². The number of amides is 1. The normalized spacial score (nSPS) is 16.3. The third kappa shape index (κ3) is 3.86. The molecule has 2 aromatic rings. The summed E-state index contributed by atoms with van der Waals surface area (Å²) in [7, 11) is 3.31. The van der Waals surface area contributed by atoms with Gasteiger partial charge in [0.25, 0.3) is 0 Å². The molecule has 1 unspecified atom stereocenters. The highest BCUT2D eigenvalue weighted by molar-refractivity contribution is 7.99. The second-order valence-electron chi connectivity index (χ2n) is 6.21. The van der Waals surface area contributed by atoms with Crippen molar-refractivity contribution in [1.29, 1.82) is 0 Å². The molecule has 0 saturated heterocycles. The summed E-state index contributed by atoms with van der Waals surface area (Å²) in [5, 5.41) is 2.07. The number of ether oxygens (including phenoxy) is 2. The highest BCUT2D eigenvalue weighted by Gasteiger charge is 2.33. The number of thiophene rings is 1. The lowest BCUT2D eigenvalue weighted by Gasteiger charge is -2.37. The highest BCUT2D eigenvalue weighted by atomic mass is 32.2. The molecule has 0 N–H and O–H groups in total. The molecule has 0 bridgehead atoms. The topological polar surface area (TPSA) is 38.8 Å². The summed E-state index contributed by atoms with van der Waals surface area (Å²) in [4.78, 5) is 16.1. The Bertz CT molecular complexity index is 746. The minimum atomic E-state index is -0.0479. The van der Waals surface area contributed by atoms with Gasteiger partial charge in [-0.3, -0.25) is 4.79 Å². The van der Waals surface area contributed by atoms with Crippen molar-refractivity contribution in [3.8, 4) is 11.5 Å². The molecular formula is C20H25NO3S2. The monoisotopic (exact) mass is 391 g/mol. The number of hydrogen-bond acceptors (Lipinski definition) is 5. The number of fused-ring (bicyclic) bond motifs is 1. The highest BCUT2D eigenvalue weighted by Crippen LogP contribution is 2.42. The molecule has 0 aliphatic carbocycles. The Kier molecular flexibility index (Phi) is 6.48. The molecule has 1 aromatic carbocycles. The van der Waals surface area contributed by atoms with Crippen LogP contribution in [0.25, 0.3) is 0 Å². The summed E-state index contributed by atoms with van der Waals surface area (Å²) in [5.74, 6) is 3.22. The fourth-order valence-electron chi connectivity index (χ4n) is 3.35. The first-order valence-corrected chi connectivity index (χ1v) is 10.9. The van der Waals surface area contributed by atoms with E-state index in [2.05, 4.69) is 24.4 Å². The standard InChI is InChI=1S/C20H25NO3S2/c1-4-9-25-13-19(22)21-8-7-14-11-16(23-2)17(24-3)12-15(14)20(21)18-6-5-10-26-18/h5-6,10-12,20H,4,7-9,13H2,1-3H3. The molecule has 4 nitrogen and oxygen atoms in total. The van der Waals surface area contributed by atoms with Crippen molar-refractivity contribution in [2.45, 2.75) is 25.8 Å². The van der Waals surface area contributed by atoms with Crippen LogP contribution in [0.1, 0.15) is 35.4 Å². The van der Waals surface area contributed by atoms with Gasteiger partial charge in [-0.1, -0.05) is 13.0 Å². The molecule has 0 saturated carbocycles. The Hall–Kier alpha value is -1.66. The Balaban J connectivity index is 1.98. The molecule has 1 amide bonds. The van der Waals surface area contributed by atoms with Crippen molar-refractivity contribution >= 4 is 29.0 Å². The maximum Gasteiger partial charge on any atom is 0.233 e.